The fraction of sp³-hybridized carbons (Fsp3) is 0.609. The summed E-state index contributed by atoms with van der Waals surface area (Å²) in [4.78, 5) is 40.1. The van der Waals surface area contributed by atoms with Gasteiger partial charge in [0.05, 0.1) is 6.54 Å². The number of rotatable bonds is 12. The Kier molecular flexibility index (Phi) is 10.1. The van der Waals surface area contributed by atoms with Gasteiger partial charge in [-0.1, -0.05) is 30.3 Å². The van der Waals surface area contributed by atoms with E-state index >= 15 is 0 Å². The van der Waals surface area contributed by atoms with Crippen LogP contribution in [0.15, 0.2) is 30.3 Å². The van der Waals surface area contributed by atoms with Gasteiger partial charge in [-0.15, -0.1) is 0 Å². The maximum absolute atomic E-state index is 13.8. The number of imide groups is 1. The quantitative estimate of drug-likeness (QED) is 0.276. The number of nitrogens with zero attached hydrogens (tertiary/aromatic N) is 2. The number of hydrogen-bond donors (Lipinski definition) is 4. The number of carboxylic acid groups (broad SMARTS) is 2. The zero-order chi connectivity index (χ0) is 23.7. The Morgan fingerprint density at radius 3 is 2.38 bits per heavy atom. The van der Waals surface area contributed by atoms with Crippen molar-refractivity contribution in [3.05, 3.63) is 35.9 Å². The molecule has 0 spiro atoms. The van der Waals surface area contributed by atoms with Gasteiger partial charge in [0.25, 0.3) is 0 Å². The highest BCUT2D eigenvalue weighted by Gasteiger charge is 2.56. The first-order chi connectivity index (χ1) is 15.3. The Bertz CT molecular complexity index is 778. The molecule has 1 heterocycles. The summed E-state index contributed by atoms with van der Waals surface area (Å²) < 4.78 is -0.650. The summed E-state index contributed by atoms with van der Waals surface area (Å²) in [6.07, 6.45) is 1.75. The fourth-order valence-corrected chi connectivity index (χ4v) is 5.03. The number of quaternary nitrogens is 1. The van der Waals surface area contributed by atoms with Gasteiger partial charge in [-0.05, 0) is 50.5 Å². The zero-order valence-electron chi connectivity index (χ0n) is 18.7. The highest BCUT2D eigenvalue weighted by molar-refractivity contribution is 7.80. The molecule has 4 atom stereocenters. The van der Waals surface area contributed by atoms with E-state index in [-0.39, 0.29) is 19.0 Å². The Labute approximate surface area is 195 Å². The van der Waals surface area contributed by atoms with Gasteiger partial charge in [-0.2, -0.15) is 21.9 Å². The van der Waals surface area contributed by atoms with Crippen LogP contribution in [0.3, 0.4) is 0 Å². The third-order valence-corrected chi connectivity index (χ3v) is 6.82. The maximum atomic E-state index is 13.8. The number of likely N-dealkylation sites (tertiary alicyclic amines) is 1. The number of carboxylic acids is 1. The lowest BCUT2D eigenvalue weighted by atomic mass is 9.99. The fourth-order valence-electron chi connectivity index (χ4n) is 4.78. The summed E-state index contributed by atoms with van der Waals surface area (Å²) in [6.45, 7) is 2.66. The monoisotopic (exact) mass is 466 g/mol. The molecule has 1 fully saturated rings. The van der Waals surface area contributed by atoms with Crippen LogP contribution < -0.4 is 5.73 Å². The van der Waals surface area contributed by atoms with Crippen LogP contribution in [-0.4, -0.2) is 81.1 Å². The SMILES string of the molecule is CC1CCC[N@@+]1(C(=O)O)C(=O)[C@H](CCS)N(CCCN)C(CCc1ccccc1)C(=O)O. The molecule has 1 aliphatic heterocycles. The molecule has 0 radical (unpaired) electrons. The van der Waals surface area contributed by atoms with Crippen molar-refractivity contribution in [3.63, 3.8) is 0 Å². The number of aryl methyl sites for hydroxylation is 1. The number of amides is 2. The predicted octanol–water partition coefficient (Wildman–Crippen LogP) is 2.62. The van der Waals surface area contributed by atoms with Crippen molar-refractivity contribution in [1.29, 1.82) is 0 Å². The minimum atomic E-state index is -1.17. The summed E-state index contributed by atoms with van der Waals surface area (Å²) in [5, 5.41) is 20.1. The second-order valence-electron chi connectivity index (χ2n) is 8.49. The molecule has 178 valence electrons. The summed E-state index contributed by atoms with van der Waals surface area (Å²) in [5.41, 5.74) is 6.73. The van der Waals surface area contributed by atoms with Crippen LogP contribution in [0.25, 0.3) is 0 Å². The maximum Gasteiger partial charge on any atom is 0.521 e. The van der Waals surface area contributed by atoms with Gasteiger partial charge in [0.1, 0.15) is 18.1 Å². The van der Waals surface area contributed by atoms with Gasteiger partial charge in [-0.3, -0.25) is 9.69 Å². The smallest absolute Gasteiger partial charge is 0.480 e. The van der Waals surface area contributed by atoms with E-state index in [0.29, 0.717) is 50.9 Å². The van der Waals surface area contributed by atoms with Crippen molar-refractivity contribution < 1.29 is 29.1 Å². The van der Waals surface area contributed by atoms with E-state index in [0.717, 1.165) is 5.56 Å². The van der Waals surface area contributed by atoms with Crippen molar-refractivity contribution >= 4 is 30.6 Å². The lowest BCUT2D eigenvalue weighted by molar-refractivity contribution is -0.793. The second-order valence-corrected chi connectivity index (χ2v) is 8.94. The van der Waals surface area contributed by atoms with Crippen LogP contribution in [0.2, 0.25) is 0 Å². The molecule has 0 bridgehead atoms. The standard InChI is InChI=1S/C23H35N3O5S/c1-17-7-5-15-26(17,23(30)31)21(27)19(12-16-32)25(14-6-13-24)20(22(28)29)11-10-18-8-3-2-4-9-18/h2-4,8-9,17,19-20H,5-7,10-16,24H2,1H3,(H2-,28,29,30,31,32)/p+1/t17?,19-,20?,26-/m0/s1. The van der Waals surface area contributed by atoms with Gasteiger partial charge < -0.3 is 15.9 Å². The normalized spacial score (nSPS) is 22.6. The molecule has 2 amide bonds. The first-order valence-electron chi connectivity index (χ1n) is 11.3. The zero-order valence-corrected chi connectivity index (χ0v) is 19.6. The molecular formula is C23H36N3O5S+. The molecule has 0 aromatic heterocycles. The number of nitrogens with two attached hydrogens (primary N) is 1. The van der Waals surface area contributed by atoms with E-state index < -0.39 is 34.5 Å². The number of carbonyl (C=O) groups is 3. The average molecular weight is 467 g/mol. The molecular weight excluding hydrogens is 430 g/mol. The van der Waals surface area contributed by atoms with E-state index in [1.165, 1.54) is 0 Å². The van der Waals surface area contributed by atoms with Crippen LogP contribution in [0.1, 0.15) is 44.6 Å². The van der Waals surface area contributed by atoms with Crippen molar-refractivity contribution in [2.45, 2.75) is 63.6 Å². The summed E-state index contributed by atoms with van der Waals surface area (Å²) in [5.74, 6) is -1.13. The van der Waals surface area contributed by atoms with Crippen molar-refractivity contribution in [2.24, 2.45) is 5.73 Å². The first-order valence-corrected chi connectivity index (χ1v) is 11.9. The van der Waals surface area contributed by atoms with Crippen LogP contribution in [0, 0.1) is 0 Å². The van der Waals surface area contributed by atoms with Gasteiger partial charge in [0.2, 0.25) is 0 Å². The molecule has 0 aliphatic carbocycles. The van der Waals surface area contributed by atoms with Gasteiger partial charge in [-0.25, -0.2) is 4.79 Å². The van der Waals surface area contributed by atoms with Crippen molar-refractivity contribution in [2.75, 3.05) is 25.4 Å². The van der Waals surface area contributed by atoms with Crippen LogP contribution in [-0.2, 0) is 16.0 Å². The number of hydrogen-bond acceptors (Lipinski definition) is 6. The number of benzene rings is 1. The first kappa shape index (κ1) is 26.3. The molecule has 2 rings (SSSR count). The largest absolute Gasteiger partial charge is 0.521 e. The van der Waals surface area contributed by atoms with Crippen LogP contribution >= 0.6 is 12.6 Å². The molecule has 9 heteroatoms. The van der Waals surface area contributed by atoms with Crippen molar-refractivity contribution in [3.8, 4) is 0 Å². The minimum absolute atomic E-state index is 0.227. The molecule has 32 heavy (non-hydrogen) atoms. The molecule has 1 aromatic rings. The Morgan fingerprint density at radius 2 is 1.88 bits per heavy atom. The Balaban J connectivity index is 2.40. The summed E-state index contributed by atoms with van der Waals surface area (Å²) >= 11 is 4.31. The molecule has 8 nitrogen and oxygen atoms in total. The molecule has 4 N–H and O–H groups in total. The lowest BCUT2D eigenvalue weighted by Gasteiger charge is -2.39. The highest BCUT2D eigenvalue weighted by Crippen LogP contribution is 2.31. The summed E-state index contributed by atoms with van der Waals surface area (Å²) in [7, 11) is 0. The van der Waals surface area contributed by atoms with E-state index in [1.807, 2.05) is 30.3 Å². The van der Waals surface area contributed by atoms with Gasteiger partial charge >= 0.3 is 18.0 Å². The molecule has 1 aliphatic rings. The van der Waals surface area contributed by atoms with Gasteiger partial charge in [0, 0.05) is 19.4 Å². The second kappa shape index (κ2) is 12.3. The van der Waals surface area contributed by atoms with E-state index in [1.54, 1.807) is 11.8 Å². The predicted molar refractivity (Wildman–Crippen MR) is 126 cm³/mol. The van der Waals surface area contributed by atoms with E-state index in [4.69, 9.17) is 5.73 Å². The Hall–Kier alpha value is -1.94. The number of carbonyl (C=O) groups excluding carboxylic acids is 1. The van der Waals surface area contributed by atoms with E-state index in [2.05, 4.69) is 12.6 Å². The molecule has 2 unspecified atom stereocenters. The average Bonchev–Trinajstić information content (AvgIpc) is 3.17. The molecule has 1 saturated heterocycles. The van der Waals surface area contributed by atoms with Crippen LogP contribution in [0.4, 0.5) is 4.79 Å². The van der Waals surface area contributed by atoms with Crippen LogP contribution in [0.5, 0.6) is 0 Å². The third-order valence-electron chi connectivity index (χ3n) is 6.56. The minimum Gasteiger partial charge on any atom is -0.480 e. The lowest BCUT2D eigenvalue weighted by Crippen LogP contribution is -2.66. The third kappa shape index (κ3) is 5.89. The molecule has 1 aromatic carbocycles. The number of aliphatic carboxylic acids is 1. The highest BCUT2D eigenvalue weighted by atomic mass is 32.1. The number of thiol groups is 1. The van der Waals surface area contributed by atoms with Crippen molar-refractivity contribution in [1.82, 2.24) is 4.90 Å². The Morgan fingerprint density at radius 1 is 1.19 bits per heavy atom. The molecule has 0 saturated carbocycles. The topological polar surface area (TPSA) is 121 Å². The van der Waals surface area contributed by atoms with E-state index in [9.17, 15) is 24.6 Å². The van der Waals surface area contributed by atoms with Gasteiger partial charge in [0.15, 0.2) is 0 Å². The summed E-state index contributed by atoms with van der Waals surface area (Å²) in [6, 6.07) is 7.45.